The predicted octanol–water partition coefficient (Wildman–Crippen LogP) is 4.17. The van der Waals surface area contributed by atoms with E-state index in [1.807, 2.05) is 79.2 Å². The van der Waals surface area contributed by atoms with Crippen molar-refractivity contribution < 1.29 is 14.3 Å². The molecule has 0 atom stereocenters. The standard InChI is InChI=1S/C23H20N2O3S/c1-24(17-7-4-3-5-8-17)21-20(19-9-6-14-29-19)22(26)25(23(21)27)15-16-10-12-18(28-2)13-11-16/h3-14H,15H2,1-2H3. The first-order valence-electron chi connectivity index (χ1n) is 9.16. The van der Waals surface area contributed by atoms with Crippen molar-refractivity contribution in [3.63, 3.8) is 0 Å². The minimum atomic E-state index is -0.291. The summed E-state index contributed by atoms with van der Waals surface area (Å²) in [5.74, 6) is 0.168. The van der Waals surface area contributed by atoms with Gasteiger partial charge in [0.1, 0.15) is 11.4 Å². The van der Waals surface area contributed by atoms with Crippen LogP contribution in [-0.2, 0) is 16.1 Å². The van der Waals surface area contributed by atoms with Gasteiger partial charge < -0.3 is 9.64 Å². The number of ether oxygens (including phenoxy) is 1. The Morgan fingerprint density at radius 3 is 2.28 bits per heavy atom. The molecule has 0 fully saturated rings. The van der Waals surface area contributed by atoms with Crippen LogP contribution in [0.1, 0.15) is 10.4 Å². The van der Waals surface area contributed by atoms with E-state index in [-0.39, 0.29) is 18.4 Å². The van der Waals surface area contributed by atoms with Gasteiger partial charge in [0.2, 0.25) is 0 Å². The first kappa shape index (κ1) is 19.0. The van der Waals surface area contributed by atoms with E-state index in [0.29, 0.717) is 11.3 Å². The van der Waals surface area contributed by atoms with E-state index in [4.69, 9.17) is 4.74 Å². The Kier molecular flexibility index (Phi) is 5.18. The average molecular weight is 404 g/mol. The zero-order chi connectivity index (χ0) is 20.4. The lowest BCUT2D eigenvalue weighted by atomic mass is 10.1. The van der Waals surface area contributed by atoms with E-state index < -0.39 is 0 Å². The van der Waals surface area contributed by atoms with Gasteiger partial charge in [0.25, 0.3) is 11.8 Å². The molecule has 0 unspecified atom stereocenters. The highest BCUT2D eigenvalue weighted by atomic mass is 32.1. The number of benzene rings is 2. The van der Waals surface area contributed by atoms with Gasteiger partial charge in [-0.3, -0.25) is 14.5 Å². The molecule has 4 rings (SSSR count). The van der Waals surface area contributed by atoms with Gasteiger partial charge in [-0.2, -0.15) is 0 Å². The Morgan fingerprint density at radius 2 is 1.66 bits per heavy atom. The largest absolute Gasteiger partial charge is 0.497 e. The highest BCUT2D eigenvalue weighted by Gasteiger charge is 2.41. The number of rotatable bonds is 6. The molecule has 2 aromatic carbocycles. The van der Waals surface area contributed by atoms with Crippen LogP contribution in [0.2, 0.25) is 0 Å². The average Bonchev–Trinajstić information content (AvgIpc) is 3.37. The van der Waals surface area contributed by atoms with Crippen molar-refractivity contribution in [1.82, 2.24) is 4.90 Å². The molecular weight excluding hydrogens is 384 g/mol. The molecule has 2 heterocycles. The Balaban J connectivity index is 1.71. The minimum absolute atomic E-state index is 0.211. The normalized spacial score (nSPS) is 13.9. The molecule has 0 aliphatic carbocycles. The van der Waals surface area contributed by atoms with Crippen molar-refractivity contribution in [2.75, 3.05) is 19.1 Å². The number of anilines is 1. The third-order valence-corrected chi connectivity index (χ3v) is 5.78. The minimum Gasteiger partial charge on any atom is -0.497 e. The second kappa shape index (κ2) is 7.93. The molecule has 3 aromatic rings. The third kappa shape index (κ3) is 3.54. The molecule has 29 heavy (non-hydrogen) atoms. The second-order valence-corrected chi connectivity index (χ2v) is 7.59. The lowest BCUT2D eigenvalue weighted by molar-refractivity contribution is -0.137. The highest BCUT2D eigenvalue weighted by Crippen LogP contribution is 2.36. The highest BCUT2D eigenvalue weighted by molar-refractivity contribution is 7.11. The topological polar surface area (TPSA) is 49.9 Å². The molecular formula is C23H20N2O3S. The Labute approximate surface area is 173 Å². The zero-order valence-electron chi connectivity index (χ0n) is 16.2. The molecule has 0 radical (unpaired) electrons. The van der Waals surface area contributed by atoms with E-state index in [1.165, 1.54) is 16.2 Å². The molecule has 0 saturated carbocycles. The summed E-state index contributed by atoms with van der Waals surface area (Å²) in [5.41, 5.74) is 2.56. The van der Waals surface area contributed by atoms with Crippen LogP contribution in [0.4, 0.5) is 5.69 Å². The van der Waals surface area contributed by atoms with Crippen molar-refractivity contribution in [2.24, 2.45) is 0 Å². The van der Waals surface area contributed by atoms with Crippen LogP contribution in [0.3, 0.4) is 0 Å². The summed E-state index contributed by atoms with van der Waals surface area (Å²) in [6.07, 6.45) is 0. The summed E-state index contributed by atoms with van der Waals surface area (Å²) in [7, 11) is 3.42. The van der Waals surface area contributed by atoms with Crippen molar-refractivity contribution >= 4 is 34.4 Å². The number of imide groups is 1. The van der Waals surface area contributed by atoms with E-state index in [2.05, 4.69) is 0 Å². The molecule has 6 heteroatoms. The van der Waals surface area contributed by atoms with Crippen LogP contribution < -0.4 is 9.64 Å². The number of para-hydroxylation sites is 1. The van der Waals surface area contributed by atoms with E-state index in [1.54, 1.807) is 12.0 Å². The molecule has 0 spiro atoms. The van der Waals surface area contributed by atoms with Crippen molar-refractivity contribution in [3.8, 4) is 5.75 Å². The molecule has 2 amide bonds. The van der Waals surface area contributed by atoms with Crippen LogP contribution in [-0.4, -0.2) is 30.9 Å². The number of carbonyl (C=O) groups excluding carboxylic acids is 2. The van der Waals surface area contributed by atoms with Crippen LogP contribution in [0, 0.1) is 0 Å². The smallest absolute Gasteiger partial charge is 0.278 e. The van der Waals surface area contributed by atoms with Crippen molar-refractivity contribution in [1.29, 1.82) is 0 Å². The molecule has 1 aromatic heterocycles. The van der Waals surface area contributed by atoms with E-state index >= 15 is 0 Å². The summed E-state index contributed by atoms with van der Waals surface area (Å²) >= 11 is 1.45. The van der Waals surface area contributed by atoms with Gasteiger partial charge in [-0.15, -0.1) is 11.3 Å². The zero-order valence-corrected chi connectivity index (χ0v) is 17.0. The Hall–Kier alpha value is -3.38. The van der Waals surface area contributed by atoms with E-state index in [9.17, 15) is 9.59 Å². The second-order valence-electron chi connectivity index (χ2n) is 6.64. The molecule has 0 bridgehead atoms. The molecule has 5 nitrogen and oxygen atoms in total. The fourth-order valence-corrected chi connectivity index (χ4v) is 4.12. The predicted molar refractivity (Wildman–Crippen MR) is 115 cm³/mol. The summed E-state index contributed by atoms with van der Waals surface area (Å²) in [6, 6.07) is 20.7. The maximum Gasteiger partial charge on any atom is 0.278 e. The van der Waals surface area contributed by atoms with Crippen LogP contribution in [0.5, 0.6) is 5.75 Å². The maximum atomic E-state index is 13.3. The van der Waals surface area contributed by atoms with Gasteiger partial charge in [0, 0.05) is 17.6 Å². The van der Waals surface area contributed by atoms with Crippen LogP contribution in [0.25, 0.3) is 5.57 Å². The summed E-state index contributed by atoms with van der Waals surface area (Å²) in [4.78, 5) is 30.5. The monoisotopic (exact) mass is 404 g/mol. The number of hydrogen-bond donors (Lipinski definition) is 0. The maximum absolute atomic E-state index is 13.3. The third-order valence-electron chi connectivity index (χ3n) is 4.89. The van der Waals surface area contributed by atoms with Gasteiger partial charge in [-0.1, -0.05) is 36.4 Å². The first-order valence-corrected chi connectivity index (χ1v) is 10.0. The van der Waals surface area contributed by atoms with Crippen LogP contribution >= 0.6 is 11.3 Å². The molecule has 0 saturated heterocycles. The lowest BCUT2D eigenvalue weighted by Gasteiger charge is -2.21. The fourth-order valence-electron chi connectivity index (χ4n) is 3.36. The number of methoxy groups -OCH3 is 1. The molecule has 1 aliphatic rings. The van der Waals surface area contributed by atoms with Gasteiger partial charge in [0.05, 0.1) is 19.2 Å². The van der Waals surface area contributed by atoms with Crippen molar-refractivity contribution in [2.45, 2.75) is 6.54 Å². The number of likely N-dealkylation sites (N-methyl/N-ethyl adjacent to an activating group) is 1. The molecule has 146 valence electrons. The van der Waals surface area contributed by atoms with E-state index in [0.717, 1.165) is 21.9 Å². The summed E-state index contributed by atoms with van der Waals surface area (Å²) < 4.78 is 5.18. The lowest BCUT2D eigenvalue weighted by Crippen LogP contribution is -2.33. The van der Waals surface area contributed by atoms with Gasteiger partial charge >= 0.3 is 0 Å². The first-order chi connectivity index (χ1) is 14.1. The number of amides is 2. The van der Waals surface area contributed by atoms with Gasteiger partial charge in [-0.05, 0) is 41.3 Å². The molecule has 0 N–H and O–H groups in total. The van der Waals surface area contributed by atoms with Gasteiger partial charge in [0.15, 0.2) is 0 Å². The van der Waals surface area contributed by atoms with Crippen LogP contribution in [0.15, 0.2) is 77.8 Å². The SMILES string of the molecule is COc1ccc(CN2C(=O)C(c3cccs3)=C(N(C)c3ccccc3)C2=O)cc1. The number of nitrogens with zero attached hydrogens (tertiary/aromatic N) is 2. The van der Waals surface area contributed by atoms with Gasteiger partial charge in [-0.25, -0.2) is 0 Å². The van der Waals surface area contributed by atoms with Crippen molar-refractivity contribution in [3.05, 3.63) is 88.2 Å². The summed E-state index contributed by atoms with van der Waals surface area (Å²) in [6.45, 7) is 0.211. The summed E-state index contributed by atoms with van der Waals surface area (Å²) in [5, 5.41) is 1.91. The Morgan fingerprint density at radius 1 is 0.931 bits per heavy atom. The number of carbonyl (C=O) groups is 2. The Bertz CT molecular complexity index is 1060. The number of thiophene rings is 1. The quantitative estimate of drug-likeness (QED) is 0.579. The molecule has 1 aliphatic heterocycles. The number of hydrogen-bond acceptors (Lipinski definition) is 5. The fraction of sp³-hybridized carbons (Fsp3) is 0.130.